The first-order valence-electron chi connectivity index (χ1n) is 7.34. The molecule has 0 aliphatic carbocycles. The van der Waals surface area contributed by atoms with Gasteiger partial charge in [0.05, 0.1) is 11.0 Å². The molecule has 6 nitrogen and oxygen atoms in total. The summed E-state index contributed by atoms with van der Waals surface area (Å²) in [6.07, 6.45) is 0.582. The van der Waals surface area contributed by atoms with E-state index in [1.807, 2.05) is 24.3 Å². The molecule has 1 amide bonds. The molecule has 3 N–H and O–H groups in total. The predicted molar refractivity (Wildman–Crippen MR) is 88.4 cm³/mol. The summed E-state index contributed by atoms with van der Waals surface area (Å²) >= 11 is 0. The lowest BCUT2D eigenvalue weighted by atomic mass is 10.1. The van der Waals surface area contributed by atoms with Crippen LogP contribution in [0.5, 0.6) is 0 Å². The van der Waals surface area contributed by atoms with Crippen LogP contribution in [0, 0.1) is 0 Å². The summed E-state index contributed by atoms with van der Waals surface area (Å²) in [5.74, 6) is -0.272. The summed E-state index contributed by atoms with van der Waals surface area (Å²) in [4.78, 5) is 26.8. The van der Waals surface area contributed by atoms with Gasteiger partial charge in [0.1, 0.15) is 6.54 Å². The summed E-state index contributed by atoms with van der Waals surface area (Å²) in [6, 6.07) is 14.5. The molecule has 0 atom stereocenters. The number of fused-ring (bicyclic) bond motifs is 1. The molecule has 0 saturated heterocycles. The van der Waals surface area contributed by atoms with Gasteiger partial charge in [-0.2, -0.15) is 0 Å². The van der Waals surface area contributed by atoms with Crippen molar-refractivity contribution in [1.29, 1.82) is 0 Å². The van der Waals surface area contributed by atoms with Crippen molar-refractivity contribution in [2.45, 2.75) is 13.0 Å². The molecule has 0 saturated carbocycles. The van der Waals surface area contributed by atoms with Crippen LogP contribution >= 0.6 is 0 Å². The van der Waals surface area contributed by atoms with Gasteiger partial charge in [-0.1, -0.05) is 24.3 Å². The molecule has 0 spiro atoms. The van der Waals surface area contributed by atoms with Crippen LogP contribution in [0.25, 0.3) is 11.0 Å². The number of imidazole rings is 1. The van der Waals surface area contributed by atoms with Crippen molar-refractivity contribution < 1.29 is 9.90 Å². The van der Waals surface area contributed by atoms with Gasteiger partial charge in [0.25, 0.3) is 0 Å². The van der Waals surface area contributed by atoms with Crippen LogP contribution in [-0.4, -0.2) is 27.2 Å². The van der Waals surface area contributed by atoms with Crippen molar-refractivity contribution in [2.24, 2.45) is 0 Å². The maximum absolute atomic E-state index is 12.2. The van der Waals surface area contributed by atoms with Crippen molar-refractivity contribution in [3.63, 3.8) is 0 Å². The molecule has 2 aromatic carbocycles. The molecule has 0 aliphatic rings. The van der Waals surface area contributed by atoms with Gasteiger partial charge in [0.15, 0.2) is 0 Å². The van der Waals surface area contributed by atoms with E-state index in [0.717, 1.165) is 5.56 Å². The second kappa shape index (κ2) is 6.50. The van der Waals surface area contributed by atoms with E-state index in [0.29, 0.717) is 23.1 Å². The number of H-pyrrole nitrogens is 1. The Morgan fingerprint density at radius 1 is 1.13 bits per heavy atom. The van der Waals surface area contributed by atoms with E-state index >= 15 is 0 Å². The van der Waals surface area contributed by atoms with E-state index in [1.54, 1.807) is 24.3 Å². The molecule has 0 fully saturated rings. The van der Waals surface area contributed by atoms with Gasteiger partial charge >= 0.3 is 5.69 Å². The zero-order valence-electron chi connectivity index (χ0n) is 12.5. The quantitative estimate of drug-likeness (QED) is 0.667. The minimum Gasteiger partial charge on any atom is -0.396 e. The van der Waals surface area contributed by atoms with Gasteiger partial charge < -0.3 is 15.4 Å². The number of carbonyl (C=O) groups excluding carboxylic acids is 1. The number of hydrogen-bond donors (Lipinski definition) is 3. The number of benzene rings is 2. The van der Waals surface area contributed by atoms with Gasteiger partial charge in [-0.3, -0.25) is 9.36 Å². The topological polar surface area (TPSA) is 87.1 Å². The summed E-state index contributed by atoms with van der Waals surface area (Å²) in [5.41, 5.74) is 2.76. The number of carbonyl (C=O) groups is 1. The molecule has 0 unspecified atom stereocenters. The number of aromatic nitrogens is 2. The molecule has 0 radical (unpaired) electrons. The van der Waals surface area contributed by atoms with Crippen molar-refractivity contribution in [3.8, 4) is 0 Å². The van der Waals surface area contributed by atoms with E-state index in [9.17, 15) is 9.59 Å². The Morgan fingerprint density at radius 3 is 2.61 bits per heavy atom. The number of aromatic amines is 1. The van der Waals surface area contributed by atoms with Gasteiger partial charge in [-0.25, -0.2) is 4.79 Å². The fourth-order valence-electron chi connectivity index (χ4n) is 2.49. The number of aliphatic hydroxyl groups is 1. The third-order valence-corrected chi connectivity index (χ3v) is 3.62. The maximum Gasteiger partial charge on any atom is 0.326 e. The lowest BCUT2D eigenvalue weighted by molar-refractivity contribution is -0.116. The average Bonchev–Trinajstić information content (AvgIpc) is 2.85. The minimum absolute atomic E-state index is 0.0543. The first-order valence-corrected chi connectivity index (χ1v) is 7.34. The monoisotopic (exact) mass is 311 g/mol. The number of aliphatic hydroxyl groups excluding tert-OH is 1. The fraction of sp³-hybridized carbons (Fsp3) is 0.176. The Balaban J connectivity index is 1.73. The first kappa shape index (κ1) is 15.1. The smallest absolute Gasteiger partial charge is 0.326 e. The van der Waals surface area contributed by atoms with E-state index in [2.05, 4.69) is 10.3 Å². The highest BCUT2D eigenvalue weighted by atomic mass is 16.3. The number of hydrogen-bond acceptors (Lipinski definition) is 3. The van der Waals surface area contributed by atoms with E-state index in [-0.39, 0.29) is 24.7 Å². The standard InChI is InChI=1S/C17H17N3O3/c21-10-9-12-5-7-13(8-6-12)18-16(22)11-20-15-4-2-1-3-14(15)19-17(20)23/h1-8,21H,9-11H2,(H,18,22)(H,19,23). The molecule has 6 heteroatoms. The van der Waals surface area contributed by atoms with Crippen molar-refractivity contribution in [2.75, 3.05) is 11.9 Å². The van der Waals surface area contributed by atoms with Gasteiger partial charge in [0.2, 0.25) is 5.91 Å². The number of anilines is 1. The maximum atomic E-state index is 12.2. The molecule has 1 aromatic heterocycles. The van der Waals surface area contributed by atoms with Crippen molar-refractivity contribution in [1.82, 2.24) is 9.55 Å². The number of para-hydroxylation sites is 2. The highest BCUT2D eigenvalue weighted by molar-refractivity contribution is 5.91. The van der Waals surface area contributed by atoms with Crippen LogP contribution in [0.2, 0.25) is 0 Å². The number of nitrogens with one attached hydrogen (secondary N) is 2. The molecule has 3 aromatic rings. The summed E-state index contributed by atoms with van der Waals surface area (Å²) in [6.45, 7) is 0.0381. The normalized spacial score (nSPS) is 10.8. The Morgan fingerprint density at radius 2 is 1.87 bits per heavy atom. The van der Waals surface area contributed by atoms with Crippen LogP contribution in [0.3, 0.4) is 0 Å². The van der Waals surface area contributed by atoms with Gasteiger partial charge in [-0.15, -0.1) is 0 Å². The minimum atomic E-state index is -0.306. The highest BCUT2D eigenvalue weighted by Crippen LogP contribution is 2.11. The third kappa shape index (κ3) is 3.32. The average molecular weight is 311 g/mol. The molecule has 23 heavy (non-hydrogen) atoms. The number of rotatable bonds is 5. The Hall–Kier alpha value is -2.86. The van der Waals surface area contributed by atoms with E-state index in [4.69, 9.17) is 5.11 Å². The summed E-state index contributed by atoms with van der Waals surface area (Å²) < 4.78 is 1.41. The first-order chi connectivity index (χ1) is 11.2. The zero-order valence-corrected chi connectivity index (χ0v) is 12.5. The SMILES string of the molecule is O=C(Cn1c(=O)[nH]c2ccccc21)Nc1ccc(CCO)cc1. The van der Waals surface area contributed by atoms with E-state index < -0.39 is 0 Å². The van der Waals surface area contributed by atoms with Crippen LogP contribution in [0.1, 0.15) is 5.56 Å². The van der Waals surface area contributed by atoms with Crippen LogP contribution < -0.4 is 11.0 Å². The fourth-order valence-corrected chi connectivity index (χ4v) is 2.49. The lowest BCUT2D eigenvalue weighted by Gasteiger charge is -2.07. The molecular formula is C17H17N3O3. The summed E-state index contributed by atoms with van der Waals surface area (Å²) in [7, 11) is 0. The van der Waals surface area contributed by atoms with Crippen LogP contribution in [0.4, 0.5) is 5.69 Å². The lowest BCUT2D eigenvalue weighted by Crippen LogP contribution is -2.25. The van der Waals surface area contributed by atoms with Crippen molar-refractivity contribution in [3.05, 3.63) is 64.6 Å². The third-order valence-electron chi connectivity index (χ3n) is 3.62. The van der Waals surface area contributed by atoms with Gasteiger partial charge in [-0.05, 0) is 36.2 Å². The molecule has 0 aliphatic heterocycles. The Kier molecular flexibility index (Phi) is 4.25. The molecule has 3 rings (SSSR count). The summed E-state index contributed by atoms with van der Waals surface area (Å²) in [5, 5.41) is 11.7. The van der Waals surface area contributed by atoms with E-state index in [1.165, 1.54) is 4.57 Å². The molecule has 118 valence electrons. The second-order valence-electron chi connectivity index (χ2n) is 5.25. The zero-order chi connectivity index (χ0) is 16.2. The second-order valence-corrected chi connectivity index (χ2v) is 5.25. The van der Waals surface area contributed by atoms with Crippen LogP contribution in [0.15, 0.2) is 53.3 Å². The number of nitrogens with zero attached hydrogens (tertiary/aromatic N) is 1. The Bertz CT molecular complexity index is 878. The molecule has 0 bridgehead atoms. The van der Waals surface area contributed by atoms with Crippen LogP contribution in [-0.2, 0) is 17.8 Å². The number of amides is 1. The molecular weight excluding hydrogens is 294 g/mol. The molecule has 1 heterocycles. The predicted octanol–water partition coefficient (Wildman–Crippen LogP) is 1.50. The highest BCUT2D eigenvalue weighted by Gasteiger charge is 2.10. The largest absolute Gasteiger partial charge is 0.396 e. The Labute approximate surface area is 132 Å². The van der Waals surface area contributed by atoms with Crippen molar-refractivity contribution >= 4 is 22.6 Å². The van der Waals surface area contributed by atoms with Gasteiger partial charge in [0, 0.05) is 12.3 Å².